The van der Waals surface area contributed by atoms with Gasteiger partial charge in [-0.2, -0.15) is 17.4 Å². The van der Waals surface area contributed by atoms with Crippen LogP contribution in [0.4, 0.5) is 0 Å². The Morgan fingerprint density at radius 2 is 2.00 bits per heavy atom. The van der Waals surface area contributed by atoms with E-state index in [1.807, 2.05) is 13.8 Å². The molecule has 8 nitrogen and oxygen atoms in total. The molecule has 0 amide bonds. The van der Waals surface area contributed by atoms with Crippen LogP contribution in [0.1, 0.15) is 32.6 Å². The Morgan fingerprint density at radius 1 is 1.40 bits per heavy atom. The third-order valence-corrected chi connectivity index (χ3v) is 4.81. The van der Waals surface area contributed by atoms with Crippen LogP contribution in [0.5, 0.6) is 0 Å². The molecule has 3 atom stereocenters. The highest BCUT2D eigenvalue weighted by Crippen LogP contribution is 2.16. The maximum atomic E-state index is 12.4. The Morgan fingerprint density at radius 3 is 2.50 bits per heavy atom. The fourth-order valence-corrected chi connectivity index (χ4v) is 3.88. The molecule has 3 unspecified atom stereocenters. The second-order valence-electron chi connectivity index (χ2n) is 5.22. The van der Waals surface area contributed by atoms with Crippen molar-refractivity contribution in [3.05, 3.63) is 12.2 Å². The second-order valence-corrected chi connectivity index (χ2v) is 6.92. The van der Waals surface area contributed by atoms with Crippen molar-refractivity contribution in [2.24, 2.45) is 7.05 Å². The fraction of sp³-hybridized carbons (Fsp3) is 0.818. The zero-order chi connectivity index (χ0) is 14.9. The lowest BCUT2D eigenvalue weighted by molar-refractivity contribution is -0.0444. The van der Waals surface area contributed by atoms with E-state index in [1.54, 1.807) is 24.9 Å². The van der Waals surface area contributed by atoms with Gasteiger partial charge in [0.25, 0.3) is 10.2 Å². The lowest BCUT2D eigenvalue weighted by Crippen LogP contribution is -2.52. The van der Waals surface area contributed by atoms with Crippen LogP contribution in [0.25, 0.3) is 0 Å². The lowest BCUT2D eigenvalue weighted by Gasteiger charge is -2.34. The van der Waals surface area contributed by atoms with Gasteiger partial charge in [0.2, 0.25) is 0 Å². The van der Waals surface area contributed by atoms with Gasteiger partial charge in [0.1, 0.15) is 6.33 Å². The first-order chi connectivity index (χ1) is 9.29. The van der Waals surface area contributed by atoms with Gasteiger partial charge in [0.05, 0.1) is 18.2 Å². The minimum absolute atomic E-state index is 0.111. The van der Waals surface area contributed by atoms with Crippen molar-refractivity contribution in [1.82, 2.24) is 23.8 Å². The summed E-state index contributed by atoms with van der Waals surface area (Å²) in [5.41, 5.74) is 0. The molecule has 1 aromatic heterocycles. The number of hydrogen-bond acceptors (Lipinski definition) is 5. The van der Waals surface area contributed by atoms with E-state index in [0.717, 1.165) is 0 Å². The van der Waals surface area contributed by atoms with Crippen LogP contribution in [0, 0.1) is 0 Å². The van der Waals surface area contributed by atoms with Gasteiger partial charge in [-0.25, -0.2) is 0 Å². The number of ether oxygens (including phenoxy) is 1. The normalized spacial score (nSPS) is 26.6. The van der Waals surface area contributed by atoms with Gasteiger partial charge in [-0.1, -0.05) is 0 Å². The maximum absolute atomic E-state index is 12.4. The molecule has 0 aliphatic carbocycles. The molecule has 1 fully saturated rings. The minimum Gasteiger partial charge on any atom is -0.373 e. The largest absolute Gasteiger partial charge is 0.373 e. The zero-order valence-electron chi connectivity index (χ0n) is 12.1. The molecule has 20 heavy (non-hydrogen) atoms. The van der Waals surface area contributed by atoms with E-state index in [0.29, 0.717) is 18.9 Å². The van der Waals surface area contributed by atoms with Crippen LogP contribution in [-0.4, -0.2) is 52.8 Å². The van der Waals surface area contributed by atoms with E-state index < -0.39 is 16.3 Å². The van der Waals surface area contributed by atoms with Gasteiger partial charge in [-0.15, -0.1) is 10.2 Å². The van der Waals surface area contributed by atoms with Crippen molar-refractivity contribution in [1.29, 1.82) is 0 Å². The summed E-state index contributed by atoms with van der Waals surface area (Å²) in [5.74, 6) is 0.572. The van der Waals surface area contributed by atoms with Gasteiger partial charge < -0.3 is 9.30 Å². The summed E-state index contributed by atoms with van der Waals surface area (Å²) in [7, 11) is -1.79. The Labute approximate surface area is 119 Å². The molecular formula is C11H21N5O3S. The van der Waals surface area contributed by atoms with Gasteiger partial charge in [0.15, 0.2) is 5.82 Å². The molecular weight excluding hydrogens is 282 g/mol. The smallest absolute Gasteiger partial charge is 0.280 e. The van der Waals surface area contributed by atoms with Crippen LogP contribution in [0.2, 0.25) is 0 Å². The van der Waals surface area contributed by atoms with E-state index in [1.165, 1.54) is 4.31 Å². The number of nitrogens with zero attached hydrogens (tertiary/aromatic N) is 4. The second kappa shape index (κ2) is 5.76. The fourth-order valence-electron chi connectivity index (χ4n) is 2.36. The van der Waals surface area contributed by atoms with Gasteiger partial charge in [-0.3, -0.25) is 0 Å². The monoisotopic (exact) mass is 303 g/mol. The highest BCUT2D eigenvalue weighted by molar-refractivity contribution is 7.87. The Kier molecular flexibility index (Phi) is 4.43. The predicted octanol–water partition coefficient (Wildman–Crippen LogP) is -0.180. The highest BCUT2D eigenvalue weighted by atomic mass is 32.2. The summed E-state index contributed by atoms with van der Waals surface area (Å²) in [5, 5.41) is 7.67. The van der Waals surface area contributed by atoms with Crippen molar-refractivity contribution < 1.29 is 13.2 Å². The summed E-state index contributed by atoms with van der Waals surface area (Å²) in [4.78, 5) is 0. The topological polar surface area (TPSA) is 89.4 Å². The first-order valence-electron chi connectivity index (χ1n) is 6.56. The molecule has 2 rings (SSSR count). The standard InChI is InChI=1S/C11H21N5O3S/c1-8-5-16(6-9(2)19-8)20(17,18)14-10(3)11-13-12-7-15(11)4/h7-10,14H,5-6H2,1-4H3. The molecule has 0 aromatic carbocycles. The van der Waals surface area contributed by atoms with Crippen molar-refractivity contribution in [2.45, 2.75) is 39.0 Å². The van der Waals surface area contributed by atoms with Crippen molar-refractivity contribution in [3.8, 4) is 0 Å². The predicted molar refractivity (Wildman–Crippen MR) is 73.1 cm³/mol. The molecule has 0 spiro atoms. The van der Waals surface area contributed by atoms with Crippen molar-refractivity contribution in [2.75, 3.05) is 13.1 Å². The van der Waals surface area contributed by atoms with E-state index >= 15 is 0 Å². The summed E-state index contributed by atoms with van der Waals surface area (Å²) in [6.45, 7) is 6.18. The molecule has 9 heteroatoms. The minimum atomic E-state index is -3.57. The average Bonchev–Trinajstić information content (AvgIpc) is 2.73. The van der Waals surface area contributed by atoms with Crippen LogP contribution in [0.15, 0.2) is 6.33 Å². The van der Waals surface area contributed by atoms with Gasteiger partial charge >= 0.3 is 0 Å². The van der Waals surface area contributed by atoms with E-state index in [2.05, 4.69) is 14.9 Å². The third kappa shape index (κ3) is 3.35. The lowest BCUT2D eigenvalue weighted by atomic mass is 10.3. The van der Waals surface area contributed by atoms with Gasteiger partial charge in [-0.05, 0) is 20.8 Å². The van der Waals surface area contributed by atoms with E-state index in [9.17, 15) is 8.42 Å². The van der Waals surface area contributed by atoms with Crippen molar-refractivity contribution >= 4 is 10.2 Å². The number of aromatic nitrogens is 3. The summed E-state index contributed by atoms with van der Waals surface area (Å²) < 4.78 is 36.1. The quantitative estimate of drug-likeness (QED) is 0.833. The maximum Gasteiger partial charge on any atom is 0.280 e. The Balaban J connectivity index is 2.09. The van der Waals surface area contributed by atoms with Crippen LogP contribution < -0.4 is 4.72 Å². The Bertz CT molecular complexity index is 548. The number of nitrogens with one attached hydrogen (secondary N) is 1. The molecule has 0 saturated carbocycles. The molecule has 1 N–H and O–H groups in total. The average molecular weight is 303 g/mol. The summed E-state index contributed by atoms with van der Waals surface area (Å²) in [6.07, 6.45) is 1.32. The molecule has 1 aliphatic heterocycles. The SMILES string of the molecule is CC1CN(S(=O)(=O)NC(C)c2nncn2C)CC(C)O1. The first-order valence-corrected chi connectivity index (χ1v) is 8.00. The summed E-state index contributed by atoms with van der Waals surface area (Å²) in [6, 6.07) is -0.444. The number of aryl methyl sites for hydroxylation is 1. The van der Waals surface area contributed by atoms with Crippen molar-refractivity contribution in [3.63, 3.8) is 0 Å². The number of morpholine rings is 1. The zero-order valence-corrected chi connectivity index (χ0v) is 13.0. The van der Waals surface area contributed by atoms with Crippen LogP contribution in [-0.2, 0) is 22.0 Å². The molecule has 1 aromatic rings. The number of rotatable bonds is 4. The molecule has 114 valence electrons. The van der Waals surface area contributed by atoms with Gasteiger partial charge in [0, 0.05) is 20.1 Å². The molecule has 0 radical (unpaired) electrons. The molecule has 1 saturated heterocycles. The first kappa shape index (κ1) is 15.4. The van der Waals surface area contributed by atoms with Crippen LogP contribution in [0.3, 0.4) is 0 Å². The van der Waals surface area contributed by atoms with E-state index in [-0.39, 0.29) is 12.2 Å². The molecule has 1 aliphatic rings. The number of hydrogen-bond donors (Lipinski definition) is 1. The van der Waals surface area contributed by atoms with Crippen LogP contribution >= 0.6 is 0 Å². The highest BCUT2D eigenvalue weighted by Gasteiger charge is 2.32. The third-order valence-electron chi connectivity index (χ3n) is 3.19. The molecule has 2 heterocycles. The Hall–Kier alpha value is -1.03. The molecule has 0 bridgehead atoms. The summed E-state index contributed by atoms with van der Waals surface area (Å²) >= 11 is 0. The van der Waals surface area contributed by atoms with E-state index in [4.69, 9.17) is 4.74 Å².